The predicted octanol–water partition coefficient (Wildman–Crippen LogP) is 2.10. The second kappa shape index (κ2) is 4.92. The van der Waals surface area contributed by atoms with Gasteiger partial charge in [-0.05, 0) is 12.1 Å². The van der Waals surface area contributed by atoms with Crippen LogP contribution in [-0.4, -0.2) is 45.2 Å². The van der Waals surface area contributed by atoms with Crippen LogP contribution in [0.3, 0.4) is 0 Å². The van der Waals surface area contributed by atoms with Gasteiger partial charge in [-0.15, -0.1) is 10.2 Å². The molecule has 0 spiro atoms. The number of hydrogen-bond acceptors (Lipinski definition) is 6. The Labute approximate surface area is 122 Å². The summed E-state index contributed by atoms with van der Waals surface area (Å²) in [5, 5.41) is 18.4. The largest absolute Gasteiger partial charge is 0.419 e. The van der Waals surface area contributed by atoms with Gasteiger partial charge >= 0.3 is 6.18 Å². The minimum atomic E-state index is -4.64. The predicted molar refractivity (Wildman–Crippen MR) is 71.0 cm³/mol. The molecule has 1 aliphatic heterocycles. The maximum absolute atomic E-state index is 12.8. The van der Waals surface area contributed by atoms with Crippen molar-refractivity contribution in [1.29, 1.82) is 0 Å². The van der Waals surface area contributed by atoms with E-state index in [1.807, 2.05) is 0 Å². The van der Waals surface area contributed by atoms with Gasteiger partial charge < -0.3 is 10.0 Å². The zero-order valence-electron chi connectivity index (χ0n) is 10.7. The molecule has 9 heteroatoms. The molecule has 0 bridgehead atoms. The number of β-amino-alcohol motifs (C(OH)–C–C–N with tert-alkyl or cyclic N) is 1. The normalized spacial score (nSPS) is 22.8. The molecule has 1 atom stereocenters. The molecular weight excluding hydrogens is 305 g/mol. The Bertz CT molecular complexity index is 633. The molecule has 2 aromatic heterocycles. The zero-order chi connectivity index (χ0) is 15.1. The van der Waals surface area contributed by atoms with Gasteiger partial charge in [-0.2, -0.15) is 13.2 Å². The molecule has 0 aliphatic carbocycles. The first-order chi connectivity index (χ1) is 9.89. The van der Waals surface area contributed by atoms with Crippen molar-refractivity contribution in [3.8, 4) is 10.7 Å². The molecule has 0 radical (unpaired) electrons. The monoisotopic (exact) mass is 316 g/mol. The minimum absolute atomic E-state index is 0.0901. The van der Waals surface area contributed by atoms with E-state index in [-0.39, 0.29) is 13.0 Å². The average Bonchev–Trinajstić information content (AvgIpc) is 3.06. The van der Waals surface area contributed by atoms with Gasteiger partial charge in [0.25, 0.3) is 0 Å². The lowest BCUT2D eigenvalue weighted by Gasteiger charge is -2.25. The van der Waals surface area contributed by atoms with Crippen molar-refractivity contribution in [3.63, 3.8) is 0 Å². The quantitative estimate of drug-likeness (QED) is 0.919. The highest BCUT2D eigenvalue weighted by molar-refractivity contribution is 7.18. The molecule has 1 fully saturated rings. The molecule has 5 nitrogen and oxygen atoms in total. The molecule has 1 N–H and O–H groups in total. The fourth-order valence-corrected chi connectivity index (χ4v) is 2.97. The molecule has 1 aliphatic rings. The third kappa shape index (κ3) is 2.58. The number of aliphatic hydroxyl groups is 1. The third-order valence-electron chi connectivity index (χ3n) is 3.34. The minimum Gasteiger partial charge on any atom is -0.379 e. The molecule has 21 heavy (non-hydrogen) atoms. The Morgan fingerprint density at radius 3 is 2.71 bits per heavy atom. The smallest absolute Gasteiger partial charge is 0.379 e. The van der Waals surface area contributed by atoms with Gasteiger partial charge in [0.1, 0.15) is 5.69 Å². The highest BCUT2D eigenvalue weighted by Gasteiger charge is 2.57. The molecule has 112 valence electrons. The van der Waals surface area contributed by atoms with Crippen molar-refractivity contribution < 1.29 is 18.3 Å². The van der Waals surface area contributed by atoms with Crippen LogP contribution in [0.4, 0.5) is 18.3 Å². The van der Waals surface area contributed by atoms with Crippen molar-refractivity contribution in [1.82, 2.24) is 15.2 Å². The highest BCUT2D eigenvalue weighted by Crippen LogP contribution is 2.40. The summed E-state index contributed by atoms with van der Waals surface area (Å²) >= 11 is 1.16. The molecule has 3 rings (SSSR count). The van der Waals surface area contributed by atoms with E-state index in [1.165, 1.54) is 4.90 Å². The number of pyridine rings is 1. The maximum Gasteiger partial charge on any atom is 0.419 e. The summed E-state index contributed by atoms with van der Waals surface area (Å²) in [5.74, 6) is 0. The Hall–Kier alpha value is -1.74. The SMILES string of the molecule is OC1(C(F)(F)F)CCN(c2nnc(-c3ccccn3)s2)C1. The first-order valence-corrected chi connectivity index (χ1v) is 7.00. The van der Waals surface area contributed by atoms with Crippen LogP contribution in [0.1, 0.15) is 6.42 Å². The molecule has 0 aromatic carbocycles. The molecule has 1 unspecified atom stereocenters. The van der Waals surface area contributed by atoms with Gasteiger partial charge in [-0.25, -0.2) is 0 Å². The van der Waals surface area contributed by atoms with E-state index in [0.29, 0.717) is 15.8 Å². The van der Waals surface area contributed by atoms with Gasteiger partial charge in [0.2, 0.25) is 5.13 Å². The van der Waals surface area contributed by atoms with E-state index in [0.717, 1.165) is 11.3 Å². The summed E-state index contributed by atoms with van der Waals surface area (Å²) in [5.41, 5.74) is -2.06. The van der Waals surface area contributed by atoms with Crippen LogP contribution in [0.25, 0.3) is 10.7 Å². The molecule has 0 saturated carbocycles. The van der Waals surface area contributed by atoms with Crippen LogP contribution in [0, 0.1) is 0 Å². The molecule has 3 heterocycles. The maximum atomic E-state index is 12.8. The number of halogens is 3. The topological polar surface area (TPSA) is 62.1 Å². The summed E-state index contributed by atoms with van der Waals surface area (Å²) in [4.78, 5) is 5.52. The summed E-state index contributed by atoms with van der Waals surface area (Å²) in [6.07, 6.45) is -3.40. The highest BCUT2D eigenvalue weighted by atomic mass is 32.1. The Morgan fingerprint density at radius 2 is 2.10 bits per heavy atom. The van der Waals surface area contributed by atoms with Gasteiger partial charge in [-0.3, -0.25) is 4.98 Å². The van der Waals surface area contributed by atoms with Crippen LogP contribution in [-0.2, 0) is 0 Å². The Morgan fingerprint density at radius 1 is 1.29 bits per heavy atom. The van der Waals surface area contributed by atoms with Gasteiger partial charge in [0.05, 0.1) is 6.54 Å². The standard InChI is InChI=1S/C12H11F3N4OS/c13-12(14,15)11(20)4-6-19(7-11)10-18-17-9(21-10)8-3-1-2-5-16-8/h1-3,5,20H,4,6-7H2. The van der Waals surface area contributed by atoms with Crippen molar-refractivity contribution >= 4 is 16.5 Å². The molecule has 1 saturated heterocycles. The van der Waals surface area contributed by atoms with Crippen molar-refractivity contribution in [2.45, 2.75) is 18.2 Å². The van der Waals surface area contributed by atoms with Crippen LogP contribution < -0.4 is 4.90 Å². The third-order valence-corrected chi connectivity index (χ3v) is 4.35. The van der Waals surface area contributed by atoms with E-state index >= 15 is 0 Å². The van der Waals surface area contributed by atoms with E-state index in [9.17, 15) is 18.3 Å². The second-order valence-electron chi connectivity index (χ2n) is 4.81. The van der Waals surface area contributed by atoms with E-state index < -0.39 is 18.3 Å². The van der Waals surface area contributed by atoms with Crippen LogP contribution in [0.15, 0.2) is 24.4 Å². The van der Waals surface area contributed by atoms with Crippen LogP contribution in [0.5, 0.6) is 0 Å². The number of alkyl halides is 3. The molecular formula is C12H11F3N4OS. The van der Waals surface area contributed by atoms with Crippen molar-refractivity contribution in [3.05, 3.63) is 24.4 Å². The fourth-order valence-electron chi connectivity index (χ4n) is 2.12. The number of anilines is 1. The summed E-state index contributed by atoms with van der Waals surface area (Å²) in [7, 11) is 0. The van der Waals surface area contributed by atoms with Crippen molar-refractivity contribution in [2.24, 2.45) is 0 Å². The van der Waals surface area contributed by atoms with Crippen molar-refractivity contribution in [2.75, 3.05) is 18.0 Å². The number of nitrogens with zero attached hydrogens (tertiary/aromatic N) is 4. The number of hydrogen-bond donors (Lipinski definition) is 1. The summed E-state index contributed by atoms with van der Waals surface area (Å²) in [6.45, 7) is -0.430. The Kier molecular flexibility index (Phi) is 3.33. The first kappa shape index (κ1) is 14.2. The van der Waals surface area contributed by atoms with E-state index in [4.69, 9.17) is 0 Å². The lowest BCUT2D eigenvalue weighted by Crippen LogP contribution is -2.47. The molecule has 2 aromatic rings. The number of aromatic nitrogens is 3. The average molecular weight is 316 g/mol. The Balaban J connectivity index is 1.80. The van der Waals surface area contributed by atoms with Crippen LogP contribution in [0.2, 0.25) is 0 Å². The zero-order valence-corrected chi connectivity index (χ0v) is 11.5. The molecule has 0 amide bonds. The van der Waals surface area contributed by atoms with E-state index in [1.54, 1.807) is 24.4 Å². The lowest BCUT2D eigenvalue weighted by atomic mass is 10.0. The lowest BCUT2D eigenvalue weighted by molar-refractivity contribution is -0.250. The summed E-state index contributed by atoms with van der Waals surface area (Å²) in [6, 6.07) is 5.30. The fraction of sp³-hybridized carbons (Fsp3) is 0.417. The van der Waals surface area contributed by atoms with Gasteiger partial charge in [-0.1, -0.05) is 17.4 Å². The van der Waals surface area contributed by atoms with Gasteiger partial charge in [0.15, 0.2) is 10.6 Å². The van der Waals surface area contributed by atoms with Gasteiger partial charge in [0, 0.05) is 19.2 Å². The van der Waals surface area contributed by atoms with E-state index in [2.05, 4.69) is 15.2 Å². The second-order valence-corrected chi connectivity index (χ2v) is 5.76. The first-order valence-electron chi connectivity index (χ1n) is 6.18. The number of rotatable bonds is 2. The van der Waals surface area contributed by atoms with Crippen LogP contribution >= 0.6 is 11.3 Å². The summed E-state index contributed by atoms with van der Waals surface area (Å²) < 4.78 is 38.4.